The number of ether oxygens (including phenoxy) is 8. The van der Waals surface area contributed by atoms with Crippen LogP contribution < -0.4 is 17.0 Å². The molecule has 0 bridgehead atoms. The van der Waals surface area contributed by atoms with E-state index in [0.717, 1.165) is 217 Å². The van der Waals surface area contributed by atoms with Crippen LogP contribution in [0.2, 0.25) is 0 Å². The van der Waals surface area contributed by atoms with Crippen LogP contribution in [0.15, 0.2) is 118 Å². The van der Waals surface area contributed by atoms with Crippen molar-refractivity contribution in [3.63, 3.8) is 0 Å². The number of carbonyl (C=O) groups is 4. The maximum absolute atomic E-state index is 12.6. The maximum Gasteiger partial charge on any atom is 2.00 e. The Morgan fingerprint density at radius 3 is 1.33 bits per heavy atom. The molecule has 4 aliphatic heterocycles. The van der Waals surface area contributed by atoms with Gasteiger partial charge in [-0.15, -0.1) is 24.3 Å². The molecule has 722 valence electrons. The Morgan fingerprint density at radius 2 is 0.925 bits per heavy atom. The van der Waals surface area contributed by atoms with Crippen LogP contribution in [0.5, 0.6) is 0 Å². The van der Waals surface area contributed by atoms with E-state index in [1.54, 1.807) is 0 Å². The molecule has 11 saturated carbocycles. The number of rotatable bonds is 21. The van der Waals surface area contributed by atoms with Crippen LogP contribution in [-0.4, -0.2) is 190 Å². The topological polar surface area (TPSA) is 263 Å². The predicted octanol–water partition coefficient (Wildman–Crippen LogP) is 16.9. The number of ketones is 2. The first kappa shape index (κ1) is 108. The molecule has 4 saturated heterocycles. The summed E-state index contributed by atoms with van der Waals surface area (Å²) in [6.07, 6.45) is 44.2. The molecule has 2 radical (unpaired) electrons. The fraction of sp³-hybridized carbons (Fsp3) is 0.703. The summed E-state index contributed by atoms with van der Waals surface area (Å²) >= 11 is 0. The minimum absolute atomic E-state index is 0. The van der Waals surface area contributed by atoms with Crippen LogP contribution in [0.3, 0.4) is 0 Å². The van der Waals surface area contributed by atoms with Crippen molar-refractivity contribution in [1.29, 1.82) is 0 Å². The van der Waals surface area contributed by atoms with Crippen molar-refractivity contribution in [2.75, 3.05) is 59.5 Å². The van der Waals surface area contributed by atoms with Crippen LogP contribution in [0.25, 0.3) is 0 Å². The van der Waals surface area contributed by atoms with Crippen LogP contribution in [0, 0.1) is 82.3 Å². The molecular weight excluding hydrogens is 1900 g/mol. The fourth-order valence-corrected chi connectivity index (χ4v) is 29.4. The molecule has 2 spiro atoms. The van der Waals surface area contributed by atoms with Crippen molar-refractivity contribution in [3.05, 3.63) is 170 Å². The van der Waals surface area contributed by atoms with Gasteiger partial charge in [-0.2, -0.15) is 47.7 Å². The number of Topliss-reactive ketones (excluding diaryl/α,β-unsaturated/α-hetero) is 1. The van der Waals surface area contributed by atoms with Crippen molar-refractivity contribution in [3.8, 4) is 0 Å². The first-order chi connectivity index (χ1) is 62.4. The normalized spacial score (nSPS) is 36.9. The summed E-state index contributed by atoms with van der Waals surface area (Å²) in [5, 5.41) is 71.1. The Bertz CT molecular complexity index is 4520. The first-order valence-corrected chi connectivity index (χ1v) is 50.9. The zero-order valence-corrected chi connectivity index (χ0v) is 89.4. The van der Waals surface area contributed by atoms with E-state index < -0.39 is 39.6 Å². The third kappa shape index (κ3) is 21.9. The van der Waals surface area contributed by atoms with E-state index in [2.05, 4.69) is 108 Å². The zero-order chi connectivity index (χ0) is 90.4. The molecule has 0 amide bonds. The molecule has 3 aromatic rings. The van der Waals surface area contributed by atoms with Crippen molar-refractivity contribution >= 4 is 48.2 Å². The average molecular weight is 2060 g/mol. The van der Waals surface area contributed by atoms with E-state index in [-0.39, 0.29) is 176 Å². The van der Waals surface area contributed by atoms with E-state index in [9.17, 15) is 40.2 Å². The van der Waals surface area contributed by atoms with E-state index in [1.165, 1.54) is 111 Å². The van der Waals surface area contributed by atoms with Crippen molar-refractivity contribution in [2.45, 2.75) is 368 Å². The number of aliphatic hydroxyl groups is 6. The van der Waals surface area contributed by atoms with Crippen molar-refractivity contribution < 1.29 is 170 Å². The van der Waals surface area contributed by atoms with Gasteiger partial charge in [-0.05, 0) is 275 Å². The number of halogens is 1. The van der Waals surface area contributed by atoms with Gasteiger partial charge in [0.2, 0.25) is 0 Å². The largest absolute Gasteiger partial charge is 2.00 e. The summed E-state index contributed by atoms with van der Waals surface area (Å²) in [6.45, 7) is 20.9. The molecule has 6 N–H and O–H groups in total. The van der Waals surface area contributed by atoms with E-state index >= 15 is 0 Å². The number of hydrogen-bond donors (Lipinski definition) is 6. The quantitative estimate of drug-likeness (QED) is 0.0190. The standard InChI is InChI=1S/C39H55O6.C36H51O6.C31H38O4.C3H5.2CH2O.BrH.Mg.2Y/c1-26(27-7-8-27)28-9-11-29(12-10-28)31-24-36(2)32(14-18-38(36,41)16-5-21-43-34-6-3-4-20-42-34)30-13-17-37(40)25-39(44-22-23-45-39)19-15-33(37)35(30)31;1-3-25-8-10-26(11-9-25)28-23-33(2)29(13-17-35(33,38)15-6-20-40-31-7-4-5-19-39-31)27-12-16-34(37)24-36(41-21-22-42-36)18-14-30(34)32(27)28;1-30-18-26(19-3-5-20(6-4-19)29(34)21-7-8-21)28-24-12-10-23(33)17-22(24)9-11-25(28)27(30)13-15-31(30,35)14-2-16-32;1-2-3-1;2*1-2;;;;/h9-12,27,30-32,34,40-41H,3-8,13-25H2,1-2H3;3,8-11,27-29,31,37-38H,4-7,12-24H2,1-2H3;3-6,17,21,25-27,32,35H,2,7-16,18H2,1H3;1H,2-3H2;2*1H2;1H;;;/q2*-1;;-1;;;;+2;;/p-1/t30?,31-,32?,34?,36+,37-,38+;27?,28-,29?,31?,33+,34-,35+;25?,26-,27?,30+,31+;;;;;;;/m111......./s1. The Kier molecular flexibility index (Phi) is 37.0. The SMILES string of the molecule is C=O.C=O.C[C-](c1ccc([C@H]2C[C@@]3(C)C(CC[C@@]3(O)CCCOC3CCCCO3)C3CC[C@@]4(O)CC5(CCC4=C32)OCCO5)cc1)C1CC1.C[C@]12C[C@H](c3ccc(C(=O)C4CC4)cc3)C3=C4CCC(=O)C=C4CCC3C1CC[C@@]2(O)CCCO.C[CH-]c1ccc([C@H]2C[C@@]3(C)C(CC[C@@]3(O)CCCOC3CCCCO3)C3CC[C@@]4(O)CC5(CCC4=C32)OCCO5)cc1.[Br-].[CH-]1CC1.[Mg+2].[Y].[Y]. The Hall–Kier alpha value is -2.07. The molecule has 19 atom stereocenters. The fourth-order valence-electron chi connectivity index (χ4n) is 29.4. The molecule has 133 heavy (non-hydrogen) atoms. The third-order valence-corrected chi connectivity index (χ3v) is 36.7. The van der Waals surface area contributed by atoms with Crippen molar-refractivity contribution in [2.24, 2.45) is 63.6 Å². The predicted molar refractivity (Wildman–Crippen MR) is 501 cm³/mol. The summed E-state index contributed by atoms with van der Waals surface area (Å²) < 4.78 is 48.2. The molecule has 3 aromatic carbocycles. The van der Waals surface area contributed by atoms with Gasteiger partial charge in [-0.25, -0.2) is 12.8 Å². The van der Waals surface area contributed by atoms with Crippen LogP contribution in [0.1, 0.15) is 354 Å². The summed E-state index contributed by atoms with van der Waals surface area (Å²) in [7, 11) is 0. The summed E-state index contributed by atoms with van der Waals surface area (Å²) in [4.78, 5) is 40.9. The molecule has 18 nitrogen and oxygen atoms in total. The van der Waals surface area contributed by atoms with Crippen LogP contribution in [-0.2, 0) is 118 Å². The van der Waals surface area contributed by atoms with E-state index in [4.69, 9.17) is 47.5 Å². The van der Waals surface area contributed by atoms with Gasteiger partial charge in [-0.3, -0.25) is 9.59 Å². The number of allylic oxidation sites excluding steroid dienone is 6. The van der Waals surface area contributed by atoms with Gasteiger partial charge >= 0.3 is 23.1 Å². The Balaban J connectivity index is 0.000000162. The van der Waals surface area contributed by atoms with Crippen LogP contribution in [0.4, 0.5) is 0 Å². The number of carbonyl (C=O) groups excluding carboxylic acids is 4. The van der Waals surface area contributed by atoms with Gasteiger partial charge in [-0.1, -0.05) is 105 Å². The second kappa shape index (κ2) is 45.5. The van der Waals surface area contributed by atoms with Gasteiger partial charge in [0, 0.05) is 176 Å². The molecule has 22 heteroatoms. The van der Waals surface area contributed by atoms with Crippen molar-refractivity contribution in [1.82, 2.24) is 0 Å². The smallest absolute Gasteiger partial charge is 1.00 e. The van der Waals surface area contributed by atoms with Gasteiger partial charge < -0.3 is 102 Å². The molecule has 4 heterocycles. The monoisotopic (exact) mass is 2050 g/mol. The van der Waals surface area contributed by atoms with E-state index in [0.29, 0.717) is 107 Å². The second-order valence-electron chi connectivity index (χ2n) is 43.6. The second-order valence-corrected chi connectivity index (χ2v) is 43.6. The molecule has 8 unspecified atom stereocenters. The Labute approximate surface area is 871 Å². The third-order valence-electron chi connectivity index (χ3n) is 36.7. The average Bonchev–Trinajstić information content (AvgIpc) is 1.68. The summed E-state index contributed by atoms with van der Waals surface area (Å²) in [5.41, 5.74) is 12.5. The van der Waals surface area contributed by atoms with Gasteiger partial charge in [0.25, 0.3) is 0 Å². The van der Waals surface area contributed by atoms with Gasteiger partial charge in [0.05, 0.1) is 54.4 Å². The van der Waals surface area contributed by atoms with E-state index in [1.807, 2.05) is 31.8 Å². The maximum atomic E-state index is 12.6. The van der Waals surface area contributed by atoms with Gasteiger partial charge in [0.15, 0.2) is 35.7 Å². The molecular formula is C111H153BrMgO18Y2-2. The number of benzene rings is 3. The molecule has 19 aliphatic rings. The number of aliphatic hydroxyl groups excluding tert-OH is 1. The number of hydrogen-bond acceptors (Lipinski definition) is 18. The summed E-state index contributed by atoms with van der Waals surface area (Å²) in [5.74, 6) is 4.84. The molecule has 22 rings (SSSR count). The minimum atomic E-state index is -0.871. The minimum Gasteiger partial charge on any atom is -1.00 e. The van der Waals surface area contributed by atoms with Crippen LogP contribution >= 0.6 is 0 Å². The first-order valence-electron chi connectivity index (χ1n) is 50.9. The Morgan fingerprint density at radius 1 is 0.504 bits per heavy atom. The zero-order valence-electron chi connectivity index (χ0n) is 80.8. The molecule has 15 aliphatic carbocycles. The molecule has 15 fully saturated rings. The number of fused-ring (bicyclic) bond motifs is 12. The summed E-state index contributed by atoms with van der Waals surface area (Å²) in [6, 6.07) is 26.8. The van der Waals surface area contributed by atoms with Gasteiger partial charge in [0.1, 0.15) is 13.6 Å². The molecule has 0 aromatic heterocycles.